The fourth-order valence-electron chi connectivity index (χ4n) is 3.10. The number of benzene rings is 1. The fraction of sp³-hybridized carbons (Fsp3) is 0.316. The zero-order chi connectivity index (χ0) is 18.8. The van der Waals surface area contributed by atoms with Crippen LogP contribution in [-0.2, 0) is 20.5 Å². The lowest BCUT2D eigenvalue weighted by Gasteiger charge is -2.11. The number of aromatic hydroxyl groups is 1. The van der Waals surface area contributed by atoms with Crippen LogP contribution in [0.5, 0.6) is 5.88 Å². The molecule has 3 rings (SSSR count). The lowest BCUT2D eigenvalue weighted by atomic mass is 10.1. The van der Waals surface area contributed by atoms with Gasteiger partial charge in [-0.1, -0.05) is 25.1 Å². The van der Waals surface area contributed by atoms with E-state index in [0.29, 0.717) is 25.1 Å². The molecule has 0 aliphatic rings. The highest BCUT2D eigenvalue weighted by Crippen LogP contribution is 2.18. The van der Waals surface area contributed by atoms with Crippen LogP contribution in [0.2, 0.25) is 0 Å². The van der Waals surface area contributed by atoms with Crippen molar-refractivity contribution in [2.75, 3.05) is 6.54 Å². The summed E-state index contributed by atoms with van der Waals surface area (Å²) < 4.78 is 2.04. The van der Waals surface area contributed by atoms with Crippen molar-refractivity contribution < 1.29 is 5.11 Å². The number of hydrogen-bond acceptors (Lipinski definition) is 4. The molecule has 0 fully saturated rings. The first-order valence-corrected chi connectivity index (χ1v) is 8.53. The quantitative estimate of drug-likeness (QED) is 0.683. The Morgan fingerprint density at radius 1 is 1.19 bits per heavy atom. The van der Waals surface area contributed by atoms with Crippen molar-refractivity contribution in [1.82, 2.24) is 14.1 Å². The molecule has 0 aliphatic carbocycles. The first-order valence-electron chi connectivity index (χ1n) is 8.53. The van der Waals surface area contributed by atoms with Gasteiger partial charge in [0.2, 0.25) is 5.88 Å². The Bertz CT molecular complexity index is 1100. The minimum atomic E-state index is -0.564. The van der Waals surface area contributed by atoms with Crippen molar-refractivity contribution >= 4 is 16.6 Å². The second-order valence-electron chi connectivity index (χ2n) is 6.20. The molecule has 26 heavy (non-hydrogen) atoms. The first-order chi connectivity index (χ1) is 12.5. The molecular weight excluding hydrogens is 332 g/mol. The third kappa shape index (κ3) is 2.96. The molecule has 2 aromatic heterocycles. The van der Waals surface area contributed by atoms with E-state index < -0.39 is 11.2 Å². The molecule has 2 heterocycles. The summed E-state index contributed by atoms with van der Waals surface area (Å²) in [5.74, 6) is -0.342. The third-order valence-corrected chi connectivity index (χ3v) is 4.62. The standard InChI is InChI=1S/C19H22N4O3/c1-4-14(16-17(24)22(2)19(26)23(3)18(16)25)20-10-9-12-11-21-15-8-6-5-7-13(12)15/h5-8,11,21,24H,4,9-10H2,1-3H3. The average Bonchev–Trinajstić information content (AvgIpc) is 3.07. The van der Waals surface area contributed by atoms with Crippen LogP contribution in [0.1, 0.15) is 24.5 Å². The van der Waals surface area contributed by atoms with Crippen LogP contribution in [0.15, 0.2) is 45.0 Å². The Hall–Kier alpha value is -3.09. The van der Waals surface area contributed by atoms with Crippen LogP contribution in [0, 0.1) is 0 Å². The van der Waals surface area contributed by atoms with Gasteiger partial charge in [0, 0.05) is 37.7 Å². The summed E-state index contributed by atoms with van der Waals surface area (Å²) in [6, 6.07) is 8.05. The van der Waals surface area contributed by atoms with Gasteiger partial charge in [0.1, 0.15) is 5.56 Å². The molecule has 136 valence electrons. The molecule has 0 saturated heterocycles. The summed E-state index contributed by atoms with van der Waals surface area (Å²) in [4.78, 5) is 32.1. The Kier molecular flexibility index (Phi) is 4.79. The lowest BCUT2D eigenvalue weighted by Crippen LogP contribution is -2.40. The molecule has 1 aromatic carbocycles. The van der Waals surface area contributed by atoms with Crippen molar-refractivity contribution in [2.24, 2.45) is 19.1 Å². The van der Waals surface area contributed by atoms with Crippen LogP contribution in [0.4, 0.5) is 0 Å². The number of hydrogen-bond donors (Lipinski definition) is 2. The van der Waals surface area contributed by atoms with E-state index in [4.69, 9.17) is 0 Å². The van der Waals surface area contributed by atoms with Gasteiger partial charge < -0.3 is 10.1 Å². The zero-order valence-electron chi connectivity index (χ0n) is 15.1. The number of aliphatic imine (C=N–C) groups is 1. The molecule has 7 heteroatoms. The molecule has 2 N–H and O–H groups in total. The topological polar surface area (TPSA) is 92.4 Å². The van der Waals surface area contributed by atoms with E-state index >= 15 is 0 Å². The SMILES string of the molecule is CCC(=NCCc1c[nH]c2ccccc12)c1c(O)n(C)c(=O)n(C)c1=O. The Morgan fingerprint density at radius 2 is 1.92 bits per heavy atom. The summed E-state index contributed by atoms with van der Waals surface area (Å²) in [5, 5.41) is 11.4. The highest BCUT2D eigenvalue weighted by Gasteiger charge is 2.18. The predicted octanol–water partition coefficient (Wildman–Crippen LogP) is 1.71. The molecule has 0 amide bonds. The van der Waals surface area contributed by atoms with Crippen LogP contribution in [0.3, 0.4) is 0 Å². The van der Waals surface area contributed by atoms with Crippen molar-refractivity contribution in [3.8, 4) is 5.88 Å². The van der Waals surface area contributed by atoms with E-state index in [-0.39, 0.29) is 11.4 Å². The van der Waals surface area contributed by atoms with Crippen LogP contribution >= 0.6 is 0 Å². The van der Waals surface area contributed by atoms with Crippen LogP contribution in [-0.4, -0.2) is 31.5 Å². The van der Waals surface area contributed by atoms with Gasteiger partial charge in [-0.25, -0.2) is 4.79 Å². The maximum atomic E-state index is 12.4. The fourth-order valence-corrected chi connectivity index (χ4v) is 3.10. The third-order valence-electron chi connectivity index (χ3n) is 4.62. The number of nitrogens with one attached hydrogen (secondary N) is 1. The Morgan fingerprint density at radius 3 is 2.65 bits per heavy atom. The van der Waals surface area contributed by atoms with Gasteiger partial charge in [-0.3, -0.25) is 18.9 Å². The molecule has 7 nitrogen and oxygen atoms in total. The summed E-state index contributed by atoms with van der Waals surface area (Å²) in [6.45, 7) is 2.35. The minimum Gasteiger partial charge on any atom is -0.494 e. The summed E-state index contributed by atoms with van der Waals surface area (Å²) >= 11 is 0. The highest BCUT2D eigenvalue weighted by atomic mass is 16.3. The van der Waals surface area contributed by atoms with Crippen LogP contribution < -0.4 is 11.2 Å². The number of aromatic nitrogens is 3. The second kappa shape index (κ2) is 7.03. The maximum absolute atomic E-state index is 12.4. The maximum Gasteiger partial charge on any atom is 0.333 e. The molecule has 0 aliphatic heterocycles. The molecule has 0 radical (unpaired) electrons. The summed E-state index contributed by atoms with van der Waals surface area (Å²) in [7, 11) is 2.83. The van der Waals surface area contributed by atoms with E-state index in [2.05, 4.69) is 16.0 Å². The normalized spacial score (nSPS) is 12.0. The van der Waals surface area contributed by atoms with Crippen LogP contribution in [0.25, 0.3) is 10.9 Å². The van der Waals surface area contributed by atoms with E-state index in [0.717, 1.165) is 25.6 Å². The number of fused-ring (bicyclic) bond motifs is 1. The molecular formula is C19H22N4O3. The van der Waals surface area contributed by atoms with Gasteiger partial charge in [0.05, 0.1) is 5.71 Å². The smallest absolute Gasteiger partial charge is 0.333 e. The number of nitrogens with zero attached hydrogens (tertiary/aromatic N) is 3. The van der Waals surface area contributed by atoms with E-state index in [1.165, 1.54) is 14.1 Å². The first kappa shape index (κ1) is 17.7. The van der Waals surface area contributed by atoms with Crippen molar-refractivity contribution in [2.45, 2.75) is 19.8 Å². The molecule has 0 atom stereocenters. The number of H-pyrrole nitrogens is 1. The van der Waals surface area contributed by atoms with Crippen molar-refractivity contribution in [1.29, 1.82) is 0 Å². The molecule has 0 saturated carbocycles. The number of aromatic amines is 1. The number of rotatable bonds is 5. The van der Waals surface area contributed by atoms with Gasteiger partial charge in [-0.2, -0.15) is 0 Å². The summed E-state index contributed by atoms with van der Waals surface area (Å²) in [6.07, 6.45) is 3.16. The van der Waals surface area contributed by atoms with E-state index in [1.807, 2.05) is 31.3 Å². The predicted molar refractivity (Wildman–Crippen MR) is 102 cm³/mol. The van der Waals surface area contributed by atoms with Gasteiger partial charge in [-0.05, 0) is 24.5 Å². The minimum absolute atomic E-state index is 0.0935. The summed E-state index contributed by atoms with van der Waals surface area (Å²) in [5.41, 5.74) is 1.72. The van der Waals surface area contributed by atoms with Crippen molar-refractivity contribution in [3.63, 3.8) is 0 Å². The van der Waals surface area contributed by atoms with Gasteiger partial charge in [0.15, 0.2) is 0 Å². The average molecular weight is 354 g/mol. The largest absolute Gasteiger partial charge is 0.494 e. The Labute approximate surface area is 150 Å². The van der Waals surface area contributed by atoms with Gasteiger partial charge in [-0.15, -0.1) is 0 Å². The van der Waals surface area contributed by atoms with E-state index in [1.54, 1.807) is 0 Å². The van der Waals surface area contributed by atoms with Gasteiger partial charge in [0.25, 0.3) is 5.56 Å². The lowest BCUT2D eigenvalue weighted by molar-refractivity contribution is 0.410. The molecule has 0 unspecified atom stereocenters. The zero-order valence-corrected chi connectivity index (χ0v) is 15.1. The highest BCUT2D eigenvalue weighted by molar-refractivity contribution is 6.01. The Balaban J connectivity index is 1.93. The van der Waals surface area contributed by atoms with Crippen molar-refractivity contribution in [3.05, 3.63) is 62.4 Å². The van der Waals surface area contributed by atoms with Gasteiger partial charge >= 0.3 is 5.69 Å². The van der Waals surface area contributed by atoms with E-state index in [9.17, 15) is 14.7 Å². The molecule has 0 spiro atoms. The second-order valence-corrected chi connectivity index (χ2v) is 6.20. The number of para-hydroxylation sites is 1. The molecule has 0 bridgehead atoms. The monoisotopic (exact) mass is 354 g/mol. The molecule has 3 aromatic rings.